The molecule has 0 bridgehead atoms. The van der Waals surface area contributed by atoms with E-state index in [0.717, 1.165) is 11.4 Å². The van der Waals surface area contributed by atoms with Crippen LogP contribution in [0.15, 0.2) is 47.8 Å². The summed E-state index contributed by atoms with van der Waals surface area (Å²) in [4.78, 5) is 14.5. The van der Waals surface area contributed by atoms with Gasteiger partial charge in [-0.15, -0.1) is 0 Å². The summed E-state index contributed by atoms with van der Waals surface area (Å²) in [6.07, 6.45) is 4.90. The lowest BCUT2D eigenvalue weighted by Crippen LogP contribution is -2.29. The Morgan fingerprint density at radius 3 is 2.72 bits per heavy atom. The minimum absolute atomic E-state index is 0.291. The second-order valence-electron chi connectivity index (χ2n) is 3.93. The molecule has 0 saturated heterocycles. The summed E-state index contributed by atoms with van der Waals surface area (Å²) >= 11 is 0. The van der Waals surface area contributed by atoms with E-state index in [9.17, 15) is 4.39 Å². The van der Waals surface area contributed by atoms with Gasteiger partial charge in [0.15, 0.2) is 0 Å². The van der Waals surface area contributed by atoms with Crippen molar-refractivity contribution in [3.8, 4) is 0 Å². The molecule has 3 heterocycles. The molecule has 0 aliphatic carbocycles. The molecule has 0 saturated carbocycles. The van der Waals surface area contributed by atoms with Crippen LogP contribution in [0.1, 0.15) is 5.56 Å². The molecule has 2 aromatic heterocycles. The number of nitrogens with zero attached hydrogens (tertiary/aromatic N) is 4. The summed E-state index contributed by atoms with van der Waals surface area (Å²) in [5, 5.41) is 0. The van der Waals surface area contributed by atoms with Crippen molar-refractivity contribution >= 4 is 11.7 Å². The van der Waals surface area contributed by atoms with Gasteiger partial charge in [0.2, 0.25) is 0 Å². The SMILES string of the molecule is Fc1ccnc(N2CCN=C2c2ccncc2)c1. The van der Waals surface area contributed by atoms with Crippen LogP contribution >= 0.6 is 0 Å². The highest BCUT2D eigenvalue weighted by Gasteiger charge is 2.21. The largest absolute Gasteiger partial charge is 0.309 e. The molecule has 0 spiro atoms. The Labute approximate surface area is 104 Å². The predicted octanol–water partition coefficient (Wildman–Crippen LogP) is 1.88. The van der Waals surface area contributed by atoms with Crippen LogP contribution in [0.4, 0.5) is 10.2 Å². The summed E-state index contributed by atoms with van der Waals surface area (Å²) in [7, 11) is 0. The molecule has 1 aliphatic rings. The Morgan fingerprint density at radius 1 is 1.11 bits per heavy atom. The normalized spacial score (nSPS) is 14.7. The van der Waals surface area contributed by atoms with Crippen LogP contribution in [0.2, 0.25) is 0 Å². The molecule has 0 unspecified atom stereocenters. The number of aliphatic imine (C=N–C) groups is 1. The zero-order chi connectivity index (χ0) is 12.4. The summed E-state index contributed by atoms with van der Waals surface area (Å²) < 4.78 is 13.2. The molecule has 0 N–H and O–H groups in total. The molecule has 0 aromatic carbocycles. The van der Waals surface area contributed by atoms with Gasteiger partial charge < -0.3 is 4.90 Å². The third-order valence-corrected chi connectivity index (χ3v) is 2.76. The van der Waals surface area contributed by atoms with Crippen LogP contribution < -0.4 is 4.90 Å². The van der Waals surface area contributed by atoms with Crippen molar-refractivity contribution in [2.75, 3.05) is 18.0 Å². The van der Waals surface area contributed by atoms with Gasteiger partial charge in [-0.05, 0) is 18.2 Å². The van der Waals surface area contributed by atoms with Gasteiger partial charge in [0.05, 0.1) is 6.54 Å². The molecule has 18 heavy (non-hydrogen) atoms. The average Bonchev–Trinajstić information content (AvgIpc) is 2.89. The van der Waals surface area contributed by atoms with E-state index < -0.39 is 0 Å². The van der Waals surface area contributed by atoms with Crippen LogP contribution in [0, 0.1) is 5.82 Å². The molecule has 0 radical (unpaired) electrons. The van der Waals surface area contributed by atoms with Gasteiger partial charge in [-0.2, -0.15) is 0 Å². The smallest absolute Gasteiger partial charge is 0.137 e. The molecular formula is C13H11FN4. The highest BCUT2D eigenvalue weighted by atomic mass is 19.1. The average molecular weight is 242 g/mol. The topological polar surface area (TPSA) is 41.4 Å². The molecular weight excluding hydrogens is 231 g/mol. The molecule has 90 valence electrons. The number of amidine groups is 1. The van der Waals surface area contributed by atoms with Gasteiger partial charge in [-0.1, -0.05) is 0 Å². The Balaban J connectivity index is 1.97. The van der Waals surface area contributed by atoms with Gasteiger partial charge in [-0.25, -0.2) is 9.37 Å². The molecule has 0 amide bonds. The van der Waals surface area contributed by atoms with Crippen molar-refractivity contribution in [3.05, 3.63) is 54.2 Å². The fourth-order valence-corrected chi connectivity index (χ4v) is 1.96. The van der Waals surface area contributed by atoms with Crippen LogP contribution in [0.25, 0.3) is 0 Å². The maximum Gasteiger partial charge on any atom is 0.137 e. The first-order valence-corrected chi connectivity index (χ1v) is 5.68. The number of aromatic nitrogens is 2. The van der Waals surface area contributed by atoms with Crippen molar-refractivity contribution < 1.29 is 4.39 Å². The molecule has 1 aliphatic heterocycles. The Morgan fingerprint density at radius 2 is 1.94 bits per heavy atom. The lowest BCUT2D eigenvalue weighted by atomic mass is 10.2. The number of hydrogen-bond donors (Lipinski definition) is 0. The van der Waals surface area contributed by atoms with Crippen molar-refractivity contribution in [1.82, 2.24) is 9.97 Å². The van der Waals surface area contributed by atoms with Gasteiger partial charge in [0.1, 0.15) is 17.5 Å². The fraction of sp³-hybridized carbons (Fsp3) is 0.154. The third kappa shape index (κ3) is 1.95. The molecule has 2 aromatic rings. The first kappa shape index (κ1) is 10.8. The van der Waals surface area contributed by atoms with Gasteiger partial charge in [0, 0.05) is 36.8 Å². The van der Waals surface area contributed by atoms with Crippen molar-refractivity contribution in [3.63, 3.8) is 0 Å². The summed E-state index contributed by atoms with van der Waals surface area (Å²) in [5.74, 6) is 1.11. The number of pyridine rings is 2. The highest BCUT2D eigenvalue weighted by molar-refractivity contribution is 6.10. The molecule has 0 fully saturated rings. The number of hydrogen-bond acceptors (Lipinski definition) is 4. The molecule has 0 atom stereocenters. The lowest BCUT2D eigenvalue weighted by molar-refractivity contribution is 0.625. The summed E-state index contributed by atoms with van der Waals surface area (Å²) in [6.45, 7) is 1.41. The molecule has 4 nitrogen and oxygen atoms in total. The van der Waals surface area contributed by atoms with E-state index in [1.54, 1.807) is 12.4 Å². The number of anilines is 1. The number of rotatable bonds is 2. The van der Waals surface area contributed by atoms with Crippen LogP contribution in [0.5, 0.6) is 0 Å². The van der Waals surface area contributed by atoms with E-state index in [-0.39, 0.29) is 5.82 Å². The van der Waals surface area contributed by atoms with Crippen molar-refractivity contribution in [2.24, 2.45) is 4.99 Å². The predicted molar refractivity (Wildman–Crippen MR) is 67.2 cm³/mol. The first-order valence-electron chi connectivity index (χ1n) is 5.68. The maximum atomic E-state index is 13.2. The van der Waals surface area contributed by atoms with Crippen LogP contribution in [0.3, 0.4) is 0 Å². The third-order valence-electron chi connectivity index (χ3n) is 2.76. The van der Waals surface area contributed by atoms with Crippen molar-refractivity contribution in [1.29, 1.82) is 0 Å². The monoisotopic (exact) mass is 242 g/mol. The Hall–Kier alpha value is -2.30. The molecule has 5 heteroatoms. The Kier molecular flexibility index (Phi) is 2.72. The standard InChI is InChI=1S/C13H11FN4/c14-11-3-6-16-12(9-11)18-8-7-17-13(18)10-1-4-15-5-2-10/h1-6,9H,7-8H2. The minimum atomic E-state index is -0.291. The van der Waals surface area contributed by atoms with Crippen LogP contribution in [-0.2, 0) is 0 Å². The number of halogens is 1. The fourth-order valence-electron chi connectivity index (χ4n) is 1.96. The molecule has 3 rings (SSSR count). The quantitative estimate of drug-likeness (QED) is 0.807. The first-order chi connectivity index (χ1) is 8.84. The zero-order valence-corrected chi connectivity index (χ0v) is 9.62. The van der Waals surface area contributed by atoms with E-state index in [1.807, 2.05) is 17.0 Å². The van der Waals surface area contributed by atoms with E-state index in [2.05, 4.69) is 15.0 Å². The van der Waals surface area contributed by atoms with Crippen molar-refractivity contribution in [2.45, 2.75) is 0 Å². The zero-order valence-electron chi connectivity index (χ0n) is 9.62. The highest BCUT2D eigenvalue weighted by Crippen LogP contribution is 2.19. The van der Waals surface area contributed by atoms with E-state index >= 15 is 0 Å². The second kappa shape index (κ2) is 4.52. The maximum absolute atomic E-state index is 13.2. The second-order valence-corrected chi connectivity index (χ2v) is 3.93. The van der Waals surface area contributed by atoms with Gasteiger partial charge >= 0.3 is 0 Å². The van der Waals surface area contributed by atoms with Gasteiger partial charge in [0.25, 0.3) is 0 Å². The van der Waals surface area contributed by atoms with Gasteiger partial charge in [-0.3, -0.25) is 9.98 Å². The Bertz CT molecular complexity index is 583. The minimum Gasteiger partial charge on any atom is -0.309 e. The van der Waals surface area contributed by atoms with E-state index in [1.165, 1.54) is 18.3 Å². The lowest BCUT2D eigenvalue weighted by Gasteiger charge is -2.19. The van der Waals surface area contributed by atoms with Crippen LogP contribution in [-0.4, -0.2) is 28.9 Å². The summed E-state index contributed by atoms with van der Waals surface area (Å²) in [5.41, 5.74) is 0.966. The summed E-state index contributed by atoms with van der Waals surface area (Å²) in [6, 6.07) is 6.53. The van der Waals surface area contributed by atoms with E-state index in [0.29, 0.717) is 18.9 Å². The van der Waals surface area contributed by atoms with E-state index in [4.69, 9.17) is 0 Å².